The number of nitrogens with one attached hydrogen (secondary N) is 1. The second-order valence-corrected chi connectivity index (χ2v) is 7.17. The summed E-state index contributed by atoms with van der Waals surface area (Å²) in [7, 11) is -2.43. The fourth-order valence-corrected chi connectivity index (χ4v) is 3.00. The van der Waals surface area contributed by atoms with Gasteiger partial charge >= 0.3 is 6.18 Å². The molecule has 0 saturated heterocycles. The SMILES string of the molecule is COc1ccc(-c2[nH]c(C(F)(F)F)nc2-c2ccc(S(N)(=O)=O)cc2)cc1. The number of imidazole rings is 1. The number of rotatable bonds is 4. The average Bonchev–Trinajstić information content (AvgIpc) is 3.07. The van der Waals surface area contributed by atoms with Crippen molar-refractivity contribution >= 4 is 10.0 Å². The lowest BCUT2D eigenvalue weighted by Gasteiger charge is -2.06. The van der Waals surface area contributed by atoms with Gasteiger partial charge in [0.25, 0.3) is 0 Å². The molecule has 6 nitrogen and oxygen atoms in total. The molecule has 1 aromatic heterocycles. The van der Waals surface area contributed by atoms with Gasteiger partial charge < -0.3 is 9.72 Å². The molecule has 3 N–H and O–H groups in total. The van der Waals surface area contributed by atoms with E-state index in [4.69, 9.17) is 9.88 Å². The number of aromatic nitrogens is 2. The van der Waals surface area contributed by atoms with Crippen LogP contribution in [0.25, 0.3) is 22.5 Å². The van der Waals surface area contributed by atoms with Crippen molar-refractivity contribution in [2.45, 2.75) is 11.1 Å². The van der Waals surface area contributed by atoms with Crippen molar-refractivity contribution in [2.75, 3.05) is 7.11 Å². The van der Waals surface area contributed by atoms with Gasteiger partial charge in [0.05, 0.1) is 23.4 Å². The molecule has 0 aliphatic heterocycles. The van der Waals surface area contributed by atoms with Crippen LogP contribution in [0.1, 0.15) is 5.82 Å². The first-order valence-electron chi connectivity index (χ1n) is 7.54. The van der Waals surface area contributed by atoms with Gasteiger partial charge in [0.2, 0.25) is 15.8 Å². The van der Waals surface area contributed by atoms with Crippen LogP contribution in [0.3, 0.4) is 0 Å². The van der Waals surface area contributed by atoms with Gasteiger partial charge in [-0.3, -0.25) is 0 Å². The number of hydrogen-bond acceptors (Lipinski definition) is 4. The zero-order chi connectivity index (χ0) is 19.8. The minimum Gasteiger partial charge on any atom is -0.497 e. The number of halogens is 3. The van der Waals surface area contributed by atoms with Crippen molar-refractivity contribution in [3.63, 3.8) is 0 Å². The maximum Gasteiger partial charge on any atom is 0.449 e. The lowest BCUT2D eigenvalue weighted by atomic mass is 10.1. The maximum atomic E-state index is 13.1. The van der Waals surface area contributed by atoms with Crippen LogP contribution in [0.2, 0.25) is 0 Å². The van der Waals surface area contributed by atoms with Gasteiger partial charge in [-0.1, -0.05) is 12.1 Å². The second kappa shape index (κ2) is 6.71. The van der Waals surface area contributed by atoms with E-state index in [0.29, 0.717) is 16.9 Å². The topological polar surface area (TPSA) is 98.1 Å². The Morgan fingerprint density at radius 1 is 1.00 bits per heavy atom. The van der Waals surface area contributed by atoms with Crippen LogP contribution >= 0.6 is 0 Å². The number of benzene rings is 2. The molecular weight excluding hydrogens is 383 g/mol. The molecule has 0 aliphatic carbocycles. The Bertz CT molecular complexity index is 1060. The van der Waals surface area contributed by atoms with E-state index < -0.39 is 22.0 Å². The first-order chi connectivity index (χ1) is 12.6. The third kappa shape index (κ3) is 3.96. The summed E-state index contributed by atoms with van der Waals surface area (Å²) in [6.45, 7) is 0. The van der Waals surface area contributed by atoms with Crippen molar-refractivity contribution in [2.24, 2.45) is 5.14 Å². The maximum absolute atomic E-state index is 13.1. The largest absolute Gasteiger partial charge is 0.497 e. The zero-order valence-electron chi connectivity index (χ0n) is 13.9. The fourth-order valence-electron chi connectivity index (χ4n) is 2.49. The van der Waals surface area contributed by atoms with E-state index in [1.54, 1.807) is 24.3 Å². The normalized spacial score (nSPS) is 12.2. The number of nitrogens with zero attached hydrogens (tertiary/aromatic N) is 1. The molecule has 0 atom stereocenters. The van der Waals surface area contributed by atoms with Crippen molar-refractivity contribution in [3.05, 3.63) is 54.4 Å². The van der Waals surface area contributed by atoms with E-state index in [1.807, 2.05) is 0 Å². The molecule has 0 unspecified atom stereocenters. The molecule has 0 bridgehead atoms. The van der Waals surface area contributed by atoms with Gasteiger partial charge in [-0.05, 0) is 36.4 Å². The van der Waals surface area contributed by atoms with Gasteiger partial charge in [0.1, 0.15) is 5.75 Å². The predicted molar refractivity (Wildman–Crippen MR) is 92.4 cm³/mol. The zero-order valence-corrected chi connectivity index (χ0v) is 14.7. The molecule has 142 valence electrons. The van der Waals surface area contributed by atoms with Gasteiger partial charge in [-0.15, -0.1) is 0 Å². The predicted octanol–water partition coefficient (Wildman–Crippen LogP) is 3.42. The van der Waals surface area contributed by atoms with Crippen LogP contribution in [0, 0.1) is 0 Å². The molecule has 0 radical (unpaired) electrons. The minimum atomic E-state index is -4.67. The smallest absolute Gasteiger partial charge is 0.449 e. The molecule has 0 amide bonds. The van der Waals surface area contributed by atoms with Crippen LogP contribution < -0.4 is 9.88 Å². The van der Waals surface area contributed by atoms with Crippen LogP contribution in [-0.4, -0.2) is 25.5 Å². The third-order valence-corrected chi connectivity index (χ3v) is 4.74. The Morgan fingerprint density at radius 3 is 2.04 bits per heavy atom. The fraction of sp³-hybridized carbons (Fsp3) is 0.118. The number of nitrogens with two attached hydrogens (primary N) is 1. The molecule has 3 aromatic rings. The van der Waals surface area contributed by atoms with Crippen LogP contribution in [0.4, 0.5) is 13.2 Å². The van der Waals surface area contributed by atoms with E-state index >= 15 is 0 Å². The molecule has 3 rings (SSSR count). The number of methoxy groups -OCH3 is 1. The molecule has 2 aromatic carbocycles. The van der Waals surface area contributed by atoms with Crippen molar-refractivity contribution in [3.8, 4) is 28.3 Å². The molecule has 0 spiro atoms. The number of H-pyrrole nitrogens is 1. The van der Waals surface area contributed by atoms with Crippen LogP contribution in [0.5, 0.6) is 5.75 Å². The number of sulfonamides is 1. The van der Waals surface area contributed by atoms with E-state index in [1.165, 1.54) is 31.4 Å². The Balaban J connectivity index is 2.14. The highest BCUT2D eigenvalue weighted by Gasteiger charge is 2.36. The first-order valence-corrected chi connectivity index (χ1v) is 9.09. The molecule has 0 fully saturated rings. The minimum absolute atomic E-state index is 0.0356. The highest BCUT2D eigenvalue weighted by molar-refractivity contribution is 7.89. The number of ether oxygens (including phenoxy) is 1. The van der Waals surface area contributed by atoms with E-state index in [-0.39, 0.29) is 16.3 Å². The van der Waals surface area contributed by atoms with Gasteiger partial charge in [-0.2, -0.15) is 13.2 Å². The average molecular weight is 397 g/mol. The molecular formula is C17H14F3N3O3S. The molecule has 1 heterocycles. The monoisotopic (exact) mass is 397 g/mol. The molecule has 10 heteroatoms. The number of hydrogen-bond donors (Lipinski definition) is 2. The van der Waals surface area contributed by atoms with Crippen LogP contribution in [0.15, 0.2) is 53.4 Å². The van der Waals surface area contributed by atoms with Gasteiger partial charge in [0.15, 0.2) is 0 Å². The summed E-state index contributed by atoms with van der Waals surface area (Å²) in [6, 6.07) is 11.5. The third-order valence-electron chi connectivity index (χ3n) is 3.81. The Hall–Kier alpha value is -2.85. The summed E-state index contributed by atoms with van der Waals surface area (Å²) in [5.74, 6) is -0.604. The Labute approximate surface area is 152 Å². The number of primary sulfonamides is 1. The Kier molecular flexibility index (Phi) is 4.70. The highest BCUT2D eigenvalue weighted by atomic mass is 32.2. The standard InChI is InChI=1S/C17H14F3N3O3S/c1-26-12-6-2-10(3-7-12)14-15(23-16(22-14)17(18,19)20)11-4-8-13(9-5-11)27(21,24)25/h2-9H,1H3,(H,22,23)(H2,21,24,25). The summed E-state index contributed by atoms with van der Waals surface area (Å²) in [6.07, 6.45) is -4.67. The summed E-state index contributed by atoms with van der Waals surface area (Å²) in [5.41, 5.74) is 0.950. The van der Waals surface area contributed by atoms with Crippen molar-refractivity contribution in [1.82, 2.24) is 9.97 Å². The van der Waals surface area contributed by atoms with Crippen molar-refractivity contribution < 1.29 is 26.3 Å². The first kappa shape index (κ1) is 18.9. The lowest BCUT2D eigenvalue weighted by molar-refractivity contribution is -0.144. The van der Waals surface area contributed by atoms with E-state index in [0.717, 1.165) is 0 Å². The molecule has 27 heavy (non-hydrogen) atoms. The number of alkyl halides is 3. The van der Waals surface area contributed by atoms with Crippen LogP contribution in [-0.2, 0) is 16.2 Å². The second-order valence-electron chi connectivity index (χ2n) is 5.60. The quantitative estimate of drug-likeness (QED) is 0.705. The van der Waals surface area contributed by atoms with Gasteiger partial charge in [0, 0.05) is 11.1 Å². The summed E-state index contributed by atoms with van der Waals surface area (Å²) >= 11 is 0. The molecule has 0 saturated carbocycles. The van der Waals surface area contributed by atoms with Crippen molar-refractivity contribution in [1.29, 1.82) is 0 Å². The van der Waals surface area contributed by atoms with Gasteiger partial charge in [-0.25, -0.2) is 18.5 Å². The highest BCUT2D eigenvalue weighted by Crippen LogP contribution is 2.36. The summed E-state index contributed by atoms with van der Waals surface area (Å²) < 4.78 is 67.2. The van der Waals surface area contributed by atoms with E-state index in [2.05, 4.69) is 9.97 Å². The van der Waals surface area contributed by atoms with E-state index in [9.17, 15) is 21.6 Å². The molecule has 0 aliphatic rings. The Morgan fingerprint density at radius 2 is 1.56 bits per heavy atom. The lowest BCUT2D eigenvalue weighted by Crippen LogP contribution is -2.11. The number of aromatic amines is 1. The summed E-state index contributed by atoms with van der Waals surface area (Å²) in [5, 5.41) is 5.04. The summed E-state index contributed by atoms with van der Waals surface area (Å²) in [4.78, 5) is 5.82.